The molecule has 18 heavy (non-hydrogen) atoms. The molecule has 1 aromatic carbocycles. The molecule has 0 amide bonds. The maximum Gasteiger partial charge on any atom is 0.307 e. The van der Waals surface area contributed by atoms with Crippen molar-refractivity contribution in [3.8, 4) is 0 Å². The van der Waals surface area contributed by atoms with Crippen LogP contribution in [0.2, 0.25) is 0 Å². The molecule has 0 heterocycles. The van der Waals surface area contributed by atoms with Gasteiger partial charge in [0.15, 0.2) is 0 Å². The molecule has 0 fully saturated rings. The van der Waals surface area contributed by atoms with Crippen molar-refractivity contribution in [2.45, 2.75) is 25.4 Å². The molecule has 0 aliphatic rings. The van der Waals surface area contributed by atoms with Crippen LogP contribution in [0.1, 0.15) is 24.5 Å². The van der Waals surface area contributed by atoms with Gasteiger partial charge in [-0.2, -0.15) is 0 Å². The molecular formula is C12H17BrFNO2Si. The second-order valence-electron chi connectivity index (χ2n) is 4.48. The molecule has 2 N–H and O–H groups in total. The SMILES string of the molecule is CCOC(=O)C[C@](N)([SiH3])c1cc(Br)cc(C)c1F. The van der Waals surface area contributed by atoms with E-state index in [0.717, 1.165) is 4.47 Å². The second-order valence-corrected chi connectivity index (χ2v) is 7.18. The molecule has 0 unspecified atom stereocenters. The second kappa shape index (κ2) is 5.95. The lowest BCUT2D eigenvalue weighted by atomic mass is 10.0. The van der Waals surface area contributed by atoms with E-state index in [1.54, 1.807) is 26.0 Å². The largest absolute Gasteiger partial charge is 0.466 e. The summed E-state index contributed by atoms with van der Waals surface area (Å²) in [7, 11) is 0.451. The van der Waals surface area contributed by atoms with E-state index in [-0.39, 0.29) is 12.2 Å². The minimum Gasteiger partial charge on any atom is -0.466 e. The average Bonchev–Trinajstić information content (AvgIpc) is 2.22. The van der Waals surface area contributed by atoms with Crippen LogP contribution in [0.5, 0.6) is 0 Å². The number of carbonyl (C=O) groups is 1. The zero-order valence-corrected chi connectivity index (χ0v) is 14.3. The van der Waals surface area contributed by atoms with E-state index in [1.807, 2.05) is 0 Å². The lowest BCUT2D eigenvalue weighted by Gasteiger charge is -2.25. The summed E-state index contributed by atoms with van der Waals surface area (Å²) in [6.07, 6.45) is -0.000123. The van der Waals surface area contributed by atoms with Crippen LogP contribution in [0.25, 0.3) is 0 Å². The predicted octanol–water partition coefficient (Wildman–Crippen LogP) is 1.33. The highest BCUT2D eigenvalue weighted by Gasteiger charge is 2.29. The number of aryl methyl sites for hydroxylation is 1. The quantitative estimate of drug-likeness (QED) is 0.668. The Morgan fingerprint density at radius 2 is 2.22 bits per heavy atom. The molecule has 0 spiro atoms. The summed E-state index contributed by atoms with van der Waals surface area (Å²) >= 11 is 3.31. The number of esters is 1. The van der Waals surface area contributed by atoms with Crippen molar-refractivity contribution in [1.82, 2.24) is 0 Å². The maximum absolute atomic E-state index is 14.1. The zero-order chi connectivity index (χ0) is 13.9. The topological polar surface area (TPSA) is 52.3 Å². The summed E-state index contributed by atoms with van der Waals surface area (Å²) in [4.78, 5) is 11.5. The molecule has 0 saturated heterocycles. The molecule has 0 radical (unpaired) electrons. The molecule has 6 heteroatoms. The summed E-state index contributed by atoms with van der Waals surface area (Å²) in [5.41, 5.74) is 6.99. The number of nitrogens with two attached hydrogens (primary N) is 1. The van der Waals surface area contributed by atoms with Gasteiger partial charge in [-0.25, -0.2) is 4.39 Å². The fourth-order valence-electron chi connectivity index (χ4n) is 1.75. The van der Waals surface area contributed by atoms with Crippen molar-refractivity contribution in [3.05, 3.63) is 33.5 Å². The third kappa shape index (κ3) is 3.63. The molecule has 3 nitrogen and oxygen atoms in total. The van der Waals surface area contributed by atoms with Gasteiger partial charge in [0.25, 0.3) is 0 Å². The Bertz CT molecular complexity index is 466. The minimum atomic E-state index is -0.953. The first-order valence-corrected chi connectivity index (χ1v) is 7.48. The van der Waals surface area contributed by atoms with Gasteiger partial charge in [-0.05, 0) is 31.5 Å². The van der Waals surface area contributed by atoms with Crippen molar-refractivity contribution >= 4 is 32.1 Å². The van der Waals surface area contributed by atoms with Gasteiger partial charge in [-0.1, -0.05) is 15.9 Å². The van der Waals surface area contributed by atoms with Crippen LogP contribution in [0.3, 0.4) is 0 Å². The van der Waals surface area contributed by atoms with Gasteiger partial charge in [-0.3, -0.25) is 4.79 Å². The van der Waals surface area contributed by atoms with E-state index in [0.29, 0.717) is 28.0 Å². The third-order valence-electron chi connectivity index (χ3n) is 2.65. The highest BCUT2D eigenvalue weighted by molar-refractivity contribution is 9.10. The number of halogens is 2. The molecule has 0 aromatic heterocycles. The van der Waals surface area contributed by atoms with Gasteiger partial charge >= 0.3 is 5.97 Å². The summed E-state index contributed by atoms with van der Waals surface area (Å²) in [6, 6.07) is 3.31. The molecule has 1 rings (SSSR count). The van der Waals surface area contributed by atoms with E-state index in [2.05, 4.69) is 15.9 Å². The van der Waals surface area contributed by atoms with Gasteiger partial charge in [-0.15, -0.1) is 0 Å². The highest BCUT2D eigenvalue weighted by atomic mass is 79.9. The lowest BCUT2D eigenvalue weighted by Crippen LogP contribution is -2.41. The Morgan fingerprint density at radius 1 is 1.61 bits per heavy atom. The van der Waals surface area contributed by atoms with Gasteiger partial charge in [0.1, 0.15) is 5.82 Å². The van der Waals surface area contributed by atoms with Crippen molar-refractivity contribution < 1.29 is 13.9 Å². The Morgan fingerprint density at radius 3 is 2.78 bits per heavy atom. The molecule has 0 aliphatic carbocycles. The number of benzene rings is 1. The first-order valence-electron chi connectivity index (χ1n) is 5.68. The molecule has 1 atom stereocenters. The fourth-order valence-corrected chi connectivity index (χ4v) is 2.97. The zero-order valence-electron chi connectivity index (χ0n) is 10.7. The standard InChI is InChI=1S/C12H17BrFNO2Si/c1-3-17-10(16)6-12(15,18)9-5-8(13)4-7(2)11(9)14/h4-5H,3,6,15H2,1-2,18H3/t12-/m0/s1. The van der Waals surface area contributed by atoms with Crippen LogP contribution >= 0.6 is 15.9 Å². The Balaban J connectivity index is 3.08. The van der Waals surface area contributed by atoms with E-state index >= 15 is 0 Å². The van der Waals surface area contributed by atoms with Crippen molar-refractivity contribution in [3.63, 3.8) is 0 Å². The summed E-state index contributed by atoms with van der Waals surface area (Å²) in [5.74, 6) is -0.743. The summed E-state index contributed by atoms with van der Waals surface area (Å²) < 4.78 is 19.7. The summed E-state index contributed by atoms with van der Waals surface area (Å²) in [5, 5.41) is -0.953. The van der Waals surface area contributed by atoms with Crippen molar-refractivity contribution in [1.29, 1.82) is 0 Å². The van der Waals surface area contributed by atoms with Crippen LogP contribution in [-0.2, 0) is 14.7 Å². The summed E-state index contributed by atoms with van der Waals surface area (Å²) in [6.45, 7) is 3.70. The Labute approximate surface area is 117 Å². The predicted molar refractivity (Wildman–Crippen MR) is 75.9 cm³/mol. The maximum atomic E-state index is 14.1. The van der Waals surface area contributed by atoms with Gasteiger partial charge in [0.2, 0.25) is 0 Å². The van der Waals surface area contributed by atoms with Crippen LogP contribution in [0.15, 0.2) is 16.6 Å². The Kier molecular flexibility index (Phi) is 5.07. The van der Waals surface area contributed by atoms with Gasteiger partial charge < -0.3 is 10.5 Å². The first kappa shape index (κ1) is 15.3. The minimum absolute atomic E-state index is 0.000123. The number of hydrogen-bond donors (Lipinski definition) is 1. The van der Waals surface area contributed by atoms with Crippen molar-refractivity contribution in [2.75, 3.05) is 6.61 Å². The first-order chi connectivity index (χ1) is 8.27. The fraction of sp³-hybridized carbons (Fsp3) is 0.417. The van der Waals surface area contributed by atoms with Crippen LogP contribution in [0, 0.1) is 12.7 Å². The third-order valence-corrected chi connectivity index (χ3v) is 4.00. The van der Waals surface area contributed by atoms with Gasteiger partial charge in [0, 0.05) is 25.4 Å². The Hall–Kier alpha value is -0.723. The molecule has 1 aromatic rings. The monoisotopic (exact) mass is 333 g/mol. The number of ether oxygens (including phenoxy) is 1. The van der Waals surface area contributed by atoms with Crippen LogP contribution in [-0.4, -0.2) is 22.8 Å². The molecule has 0 aliphatic heterocycles. The molecule has 0 bridgehead atoms. The van der Waals surface area contributed by atoms with E-state index < -0.39 is 11.1 Å². The van der Waals surface area contributed by atoms with E-state index in [9.17, 15) is 9.18 Å². The van der Waals surface area contributed by atoms with E-state index in [1.165, 1.54) is 0 Å². The van der Waals surface area contributed by atoms with Crippen LogP contribution in [0.4, 0.5) is 4.39 Å². The smallest absolute Gasteiger partial charge is 0.307 e. The highest BCUT2D eigenvalue weighted by Crippen LogP contribution is 2.28. The number of rotatable bonds is 4. The van der Waals surface area contributed by atoms with Gasteiger partial charge in [0.05, 0.1) is 13.0 Å². The average molecular weight is 334 g/mol. The normalized spacial score (nSPS) is 14.3. The molecule has 0 saturated carbocycles. The lowest BCUT2D eigenvalue weighted by molar-refractivity contribution is -0.143. The number of hydrogen-bond acceptors (Lipinski definition) is 3. The van der Waals surface area contributed by atoms with E-state index in [4.69, 9.17) is 10.5 Å². The number of carbonyl (C=O) groups excluding carboxylic acids is 1. The molecular weight excluding hydrogens is 317 g/mol. The van der Waals surface area contributed by atoms with Crippen LogP contribution < -0.4 is 5.73 Å². The van der Waals surface area contributed by atoms with Crippen molar-refractivity contribution in [2.24, 2.45) is 5.73 Å². The molecule has 100 valence electrons.